The molecule has 0 saturated carbocycles. The Labute approximate surface area is 108 Å². The molecule has 84 valence electrons. The van der Waals surface area contributed by atoms with E-state index in [1.807, 2.05) is 0 Å². The zero-order valence-corrected chi connectivity index (χ0v) is 11.5. The second-order valence-electron chi connectivity index (χ2n) is 3.89. The molecular weight excluding hydrogens is 282 g/mol. The van der Waals surface area contributed by atoms with Gasteiger partial charge in [-0.05, 0) is 41.6 Å². The molecule has 0 aliphatic rings. The van der Waals surface area contributed by atoms with Gasteiger partial charge in [0.1, 0.15) is 0 Å². The predicted octanol–water partition coefficient (Wildman–Crippen LogP) is 4.06. The summed E-state index contributed by atoms with van der Waals surface area (Å²) in [6.45, 7) is 2.11. The number of thiophene rings is 1. The molecule has 16 heavy (non-hydrogen) atoms. The van der Waals surface area contributed by atoms with Crippen molar-refractivity contribution < 1.29 is 0 Å². The summed E-state index contributed by atoms with van der Waals surface area (Å²) in [6, 6.07) is 10.6. The van der Waals surface area contributed by atoms with Gasteiger partial charge in [-0.2, -0.15) is 0 Å². The van der Waals surface area contributed by atoms with Crippen LogP contribution in [0.2, 0.25) is 0 Å². The van der Waals surface area contributed by atoms with Crippen LogP contribution in [-0.4, -0.2) is 0 Å². The summed E-state index contributed by atoms with van der Waals surface area (Å²) in [5, 5.41) is 2.09. The van der Waals surface area contributed by atoms with Gasteiger partial charge >= 0.3 is 0 Å². The molecule has 0 bridgehead atoms. The molecule has 2 N–H and O–H groups in total. The Hall–Kier alpha value is -0.640. The maximum atomic E-state index is 6.23. The van der Waals surface area contributed by atoms with E-state index in [9.17, 15) is 0 Å². The smallest absolute Gasteiger partial charge is 0.0346 e. The van der Waals surface area contributed by atoms with Gasteiger partial charge in [0.15, 0.2) is 0 Å². The van der Waals surface area contributed by atoms with Crippen LogP contribution in [0.3, 0.4) is 0 Å². The first-order chi connectivity index (χ1) is 7.66. The highest BCUT2D eigenvalue weighted by Crippen LogP contribution is 2.24. The van der Waals surface area contributed by atoms with E-state index in [0.29, 0.717) is 0 Å². The summed E-state index contributed by atoms with van der Waals surface area (Å²) < 4.78 is 1.11. The van der Waals surface area contributed by atoms with Gasteiger partial charge in [-0.1, -0.05) is 28.1 Å². The molecule has 1 unspecified atom stereocenters. The lowest BCUT2D eigenvalue weighted by Crippen LogP contribution is -2.14. The molecule has 0 amide bonds. The molecule has 1 aromatic heterocycles. The van der Waals surface area contributed by atoms with Crippen molar-refractivity contribution in [2.45, 2.75) is 19.4 Å². The Balaban J connectivity index is 2.17. The fraction of sp³-hybridized carbons (Fsp3) is 0.231. The van der Waals surface area contributed by atoms with E-state index in [2.05, 4.69) is 58.6 Å². The second-order valence-corrected chi connectivity index (χ2v) is 5.84. The Morgan fingerprint density at radius 3 is 2.81 bits per heavy atom. The van der Waals surface area contributed by atoms with E-state index in [1.165, 1.54) is 16.0 Å². The average Bonchev–Trinajstić information content (AvgIpc) is 2.70. The van der Waals surface area contributed by atoms with Gasteiger partial charge in [-0.3, -0.25) is 0 Å². The van der Waals surface area contributed by atoms with Crippen LogP contribution >= 0.6 is 27.3 Å². The van der Waals surface area contributed by atoms with Gasteiger partial charge < -0.3 is 5.73 Å². The molecule has 1 nitrogen and oxygen atoms in total. The minimum Gasteiger partial charge on any atom is -0.324 e. The molecular formula is C13H14BrNS. The van der Waals surface area contributed by atoms with Gasteiger partial charge in [-0.15, -0.1) is 11.3 Å². The molecule has 0 aliphatic carbocycles. The summed E-state index contributed by atoms with van der Waals surface area (Å²) in [5.41, 5.74) is 8.71. The number of aryl methyl sites for hydroxylation is 1. The van der Waals surface area contributed by atoms with Crippen molar-refractivity contribution in [2.24, 2.45) is 5.73 Å². The van der Waals surface area contributed by atoms with Crippen LogP contribution < -0.4 is 5.73 Å². The molecule has 0 radical (unpaired) electrons. The van der Waals surface area contributed by atoms with Crippen molar-refractivity contribution in [3.63, 3.8) is 0 Å². The van der Waals surface area contributed by atoms with Crippen LogP contribution in [0.4, 0.5) is 0 Å². The largest absolute Gasteiger partial charge is 0.324 e. The van der Waals surface area contributed by atoms with Crippen molar-refractivity contribution in [2.75, 3.05) is 0 Å². The van der Waals surface area contributed by atoms with Gasteiger partial charge in [0.2, 0.25) is 0 Å². The van der Waals surface area contributed by atoms with Crippen LogP contribution in [0.15, 0.2) is 40.2 Å². The van der Waals surface area contributed by atoms with Crippen LogP contribution in [-0.2, 0) is 6.42 Å². The third kappa shape index (κ3) is 2.73. The molecule has 0 saturated heterocycles. The molecule has 1 aromatic carbocycles. The van der Waals surface area contributed by atoms with Crippen LogP contribution in [0, 0.1) is 6.92 Å². The normalized spacial score (nSPS) is 12.7. The highest BCUT2D eigenvalue weighted by Gasteiger charge is 2.10. The Kier molecular flexibility index (Phi) is 3.79. The quantitative estimate of drug-likeness (QED) is 0.908. The first kappa shape index (κ1) is 11.8. The highest BCUT2D eigenvalue weighted by atomic mass is 79.9. The van der Waals surface area contributed by atoms with Crippen LogP contribution in [0.25, 0.3) is 0 Å². The van der Waals surface area contributed by atoms with Gasteiger partial charge in [0.05, 0.1) is 0 Å². The monoisotopic (exact) mass is 295 g/mol. The number of benzene rings is 1. The average molecular weight is 296 g/mol. The summed E-state index contributed by atoms with van der Waals surface area (Å²) in [4.78, 5) is 1.34. The number of hydrogen-bond acceptors (Lipinski definition) is 2. The summed E-state index contributed by atoms with van der Waals surface area (Å²) in [7, 11) is 0. The number of rotatable bonds is 3. The lowest BCUT2D eigenvalue weighted by molar-refractivity contribution is 0.724. The fourth-order valence-electron chi connectivity index (χ4n) is 1.81. The summed E-state index contributed by atoms with van der Waals surface area (Å²) in [5.74, 6) is 0. The zero-order chi connectivity index (χ0) is 11.5. The van der Waals surface area contributed by atoms with E-state index in [0.717, 1.165) is 10.9 Å². The van der Waals surface area contributed by atoms with Crippen molar-refractivity contribution in [3.05, 3.63) is 56.2 Å². The van der Waals surface area contributed by atoms with E-state index in [1.54, 1.807) is 11.3 Å². The molecule has 0 spiro atoms. The standard InChI is InChI=1S/C13H14BrNS/c1-9-7-10(14)4-5-12(9)13(15)8-11-3-2-6-16-11/h2-7,13H,8,15H2,1H3. The lowest BCUT2D eigenvalue weighted by atomic mass is 9.99. The third-order valence-corrected chi connectivity index (χ3v) is 4.02. The van der Waals surface area contributed by atoms with E-state index in [-0.39, 0.29) is 6.04 Å². The first-order valence-corrected chi connectivity index (χ1v) is 6.88. The van der Waals surface area contributed by atoms with E-state index >= 15 is 0 Å². The van der Waals surface area contributed by atoms with Gasteiger partial charge in [-0.25, -0.2) is 0 Å². The number of nitrogens with two attached hydrogens (primary N) is 1. The van der Waals surface area contributed by atoms with Crippen LogP contribution in [0.1, 0.15) is 22.0 Å². The molecule has 0 aliphatic heterocycles. The molecule has 1 heterocycles. The second kappa shape index (κ2) is 5.13. The summed E-state index contributed by atoms with van der Waals surface area (Å²) in [6.07, 6.45) is 0.917. The summed E-state index contributed by atoms with van der Waals surface area (Å²) >= 11 is 5.23. The maximum Gasteiger partial charge on any atom is 0.0346 e. The molecule has 2 aromatic rings. The minimum absolute atomic E-state index is 0.0896. The maximum absolute atomic E-state index is 6.23. The topological polar surface area (TPSA) is 26.0 Å². The minimum atomic E-state index is 0.0896. The third-order valence-electron chi connectivity index (χ3n) is 2.63. The zero-order valence-electron chi connectivity index (χ0n) is 9.11. The molecule has 1 atom stereocenters. The molecule has 3 heteroatoms. The predicted molar refractivity (Wildman–Crippen MR) is 73.8 cm³/mol. The van der Waals surface area contributed by atoms with E-state index < -0.39 is 0 Å². The lowest BCUT2D eigenvalue weighted by Gasteiger charge is -2.14. The van der Waals surface area contributed by atoms with Gasteiger partial charge in [0.25, 0.3) is 0 Å². The highest BCUT2D eigenvalue weighted by molar-refractivity contribution is 9.10. The van der Waals surface area contributed by atoms with Crippen molar-refractivity contribution in [3.8, 4) is 0 Å². The van der Waals surface area contributed by atoms with Crippen LogP contribution in [0.5, 0.6) is 0 Å². The first-order valence-electron chi connectivity index (χ1n) is 5.21. The Bertz CT molecular complexity index is 465. The Morgan fingerprint density at radius 2 is 2.19 bits per heavy atom. The SMILES string of the molecule is Cc1cc(Br)ccc1C(N)Cc1cccs1. The number of halogens is 1. The number of hydrogen-bond donors (Lipinski definition) is 1. The van der Waals surface area contributed by atoms with Crippen molar-refractivity contribution in [1.82, 2.24) is 0 Å². The van der Waals surface area contributed by atoms with Crippen molar-refractivity contribution >= 4 is 27.3 Å². The Morgan fingerprint density at radius 1 is 1.38 bits per heavy atom. The molecule has 0 fully saturated rings. The molecule has 2 rings (SSSR count). The van der Waals surface area contributed by atoms with Crippen molar-refractivity contribution in [1.29, 1.82) is 0 Å². The fourth-order valence-corrected chi connectivity index (χ4v) is 3.05. The van der Waals surface area contributed by atoms with E-state index in [4.69, 9.17) is 5.73 Å². The van der Waals surface area contributed by atoms with Gasteiger partial charge in [0, 0.05) is 21.8 Å².